The number of rotatable bonds is 4. The van der Waals surface area contributed by atoms with Crippen molar-refractivity contribution in [2.75, 3.05) is 12.4 Å². The Morgan fingerprint density at radius 1 is 1.36 bits per heavy atom. The van der Waals surface area contributed by atoms with Crippen LogP contribution in [-0.2, 0) is 0 Å². The van der Waals surface area contributed by atoms with Crippen LogP contribution in [0.2, 0.25) is 5.02 Å². The van der Waals surface area contributed by atoms with Gasteiger partial charge in [-0.3, -0.25) is 4.79 Å². The van der Waals surface area contributed by atoms with Gasteiger partial charge in [0.1, 0.15) is 5.75 Å². The number of fused-ring (bicyclic) bond motifs is 1. The molecule has 7 heteroatoms. The second-order valence-electron chi connectivity index (χ2n) is 6.12. The van der Waals surface area contributed by atoms with Crippen molar-refractivity contribution in [1.29, 1.82) is 0 Å². The highest BCUT2D eigenvalue weighted by Gasteiger charge is 2.28. The summed E-state index contributed by atoms with van der Waals surface area (Å²) in [4.78, 5) is 17.4. The van der Waals surface area contributed by atoms with Gasteiger partial charge in [-0.2, -0.15) is 0 Å². The molecule has 3 aromatic rings. The van der Waals surface area contributed by atoms with Crippen LogP contribution in [0.25, 0.3) is 11.1 Å². The summed E-state index contributed by atoms with van der Waals surface area (Å²) >= 11 is 6.04. The third-order valence-electron chi connectivity index (χ3n) is 4.29. The van der Waals surface area contributed by atoms with Crippen LogP contribution in [0.4, 0.5) is 5.69 Å². The molecule has 1 aromatic carbocycles. The Kier molecular flexibility index (Phi) is 3.84. The van der Waals surface area contributed by atoms with E-state index < -0.39 is 0 Å². The van der Waals surface area contributed by atoms with E-state index in [-0.39, 0.29) is 5.91 Å². The highest BCUT2D eigenvalue weighted by atomic mass is 35.5. The number of aromatic nitrogens is 2. The van der Waals surface area contributed by atoms with Gasteiger partial charge in [0.15, 0.2) is 0 Å². The molecule has 2 heterocycles. The number of nitrogens with one attached hydrogen (secondary N) is 1. The van der Waals surface area contributed by atoms with Gasteiger partial charge < -0.3 is 14.6 Å². The number of hydrogen-bond acceptors (Lipinski definition) is 5. The molecule has 2 aromatic heterocycles. The molecule has 0 radical (unpaired) electrons. The molecule has 1 aliphatic rings. The number of ether oxygens (including phenoxy) is 1. The van der Waals surface area contributed by atoms with Crippen molar-refractivity contribution < 1.29 is 14.1 Å². The van der Waals surface area contributed by atoms with E-state index in [1.807, 2.05) is 6.07 Å². The van der Waals surface area contributed by atoms with Gasteiger partial charge in [-0.25, -0.2) is 4.98 Å². The topological polar surface area (TPSA) is 77.2 Å². The van der Waals surface area contributed by atoms with E-state index in [4.69, 9.17) is 20.9 Å². The number of nitrogens with zero attached hydrogens (tertiary/aromatic N) is 2. The smallest absolute Gasteiger partial charge is 0.259 e. The van der Waals surface area contributed by atoms with Crippen LogP contribution < -0.4 is 10.1 Å². The van der Waals surface area contributed by atoms with Crippen LogP contribution in [0.3, 0.4) is 0 Å². The molecular weight excluding hydrogens is 342 g/mol. The van der Waals surface area contributed by atoms with Crippen molar-refractivity contribution >= 4 is 34.3 Å². The lowest BCUT2D eigenvalue weighted by Crippen LogP contribution is -2.14. The van der Waals surface area contributed by atoms with Crippen molar-refractivity contribution in [3.63, 3.8) is 0 Å². The highest BCUT2D eigenvalue weighted by molar-refractivity contribution is 6.31. The molecule has 1 saturated carbocycles. The summed E-state index contributed by atoms with van der Waals surface area (Å²) in [5, 5.41) is 7.96. The monoisotopic (exact) mass is 357 g/mol. The van der Waals surface area contributed by atoms with Crippen molar-refractivity contribution in [3.05, 3.63) is 46.2 Å². The second-order valence-corrected chi connectivity index (χ2v) is 6.55. The number of carbonyl (C=O) groups is 1. The number of methoxy groups -OCH3 is 1. The van der Waals surface area contributed by atoms with Crippen LogP contribution in [0, 0.1) is 6.92 Å². The Morgan fingerprint density at radius 3 is 2.88 bits per heavy atom. The molecule has 1 aliphatic carbocycles. The molecule has 4 rings (SSSR count). The van der Waals surface area contributed by atoms with Crippen LogP contribution in [0.15, 0.2) is 28.8 Å². The lowest BCUT2D eigenvalue weighted by molar-refractivity contribution is 0.102. The summed E-state index contributed by atoms with van der Waals surface area (Å²) in [6.45, 7) is 1.79. The summed E-state index contributed by atoms with van der Waals surface area (Å²) in [6, 6.07) is 6.89. The van der Waals surface area contributed by atoms with Gasteiger partial charge in [-0.1, -0.05) is 16.8 Å². The minimum atomic E-state index is -0.277. The van der Waals surface area contributed by atoms with Crippen LogP contribution in [0.1, 0.15) is 40.5 Å². The van der Waals surface area contributed by atoms with Crippen molar-refractivity contribution in [2.24, 2.45) is 0 Å². The number of pyridine rings is 1. The first-order valence-corrected chi connectivity index (χ1v) is 8.36. The van der Waals surface area contributed by atoms with Gasteiger partial charge in [-0.05, 0) is 44.0 Å². The average Bonchev–Trinajstić information content (AvgIpc) is 3.38. The lowest BCUT2D eigenvalue weighted by Gasteiger charge is -2.11. The number of carbonyl (C=O) groups excluding carboxylic acids is 1. The SMILES string of the molecule is COc1ccc(Cl)cc1NC(=O)c1cc(C2CC2)nc2onc(C)c12. The van der Waals surface area contributed by atoms with E-state index in [2.05, 4.69) is 15.5 Å². The predicted octanol–water partition coefficient (Wildman–Crippen LogP) is 4.32. The molecule has 6 nitrogen and oxygen atoms in total. The fourth-order valence-corrected chi connectivity index (χ4v) is 3.02. The highest BCUT2D eigenvalue weighted by Crippen LogP contribution is 2.40. The zero-order valence-electron chi connectivity index (χ0n) is 13.8. The lowest BCUT2D eigenvalue weighted by atomic mass is 10.1. The molecule has 128 valence electrons. The van der Waals surface area contributed by atoms with Gasteiger partial charge in [0.25, 0.3) is 11.6 Å². The summed E-state index contributed by atoms with van der Waals surface area (Å²) in [7, 11) is 1.54. The predicted molar refractivity (Wildman–Crippen MR) is 94.5 cm³/mol. The Bertz CT molecular complexity index is 979. The molecule has 0 unspecified atom stereocenters. The zero-order valence-corrected chi connectivity index (χ0v) is 14.6. The van der Waals surface area contributed by atoms with Crippen LogP contribution >= 0.6 is 11.6 Å². The van der Waals surface area contributed by atoms with Crippen LogP contribution in [0.5, 0.6) is 5.75 Å². The summed E-state index contributed by atoms with van der Waals surface area (Å²) < 4.78 is 10.6. The van der Waals surface area contributed by atoms with Gasteiger partial charge in [-0.15, -0.1) is 0 Å². The van der Waals surface area contributed by atoms with E-state index in [9.17, 15) is 4.79 Å². The largest absolute Gasteiger partial charge is 0.495 e. The van der Waals surface area contributed by atoms with E-state index in [1.54, 1.807) is 32.2 Å². The molecule has 1 N–H and O–H groups in total. The number of anilines is 1. The first-order chi connectivity index (χ1) is 12.1. The quantitative estimate of drug-likeness (QED) is 0.752. The van der Waals surface area contributed by atoms with E-state index >= 15 is 0 Å². The Balaban J connectivity index is 1.77. The van der Waals surface area contributed by atoms with Gasteiger partial charge in [0, 0.05) is 16.6 Å². The second kappa shape index (κ2) is 6.04. The van der Waals surface area contributed by atoms with Crippen molar-refractivity contribution in [1.82, 2.24) is 10.1 Å². The van der Waals surface area contributed by atoms with E-state index in [1.165, 1.54) is 0 Å². The number of benzene rings is 1. The van der Waals surface area contributed by atoms with E-state index in [0.717, 1.165) is 18.5 Å². The molecule has 25 heavy (non-hydrogen) atoms. The minimum Gasteiger partial charge on any atom is -0.495 e. The number of aryl methyl sites for hydroxylation is 1. The molecule has 1 fully saturated rings. The maximum Gasteiger partial charge on any atom is 0.259 e. The minimum absolute atomic E-state index is 0.277. The first-order valence-electron chi connectivity index (χ1n) is 7.98. The van der Waals surface area contributed by atoms with Crippen molar-refractivity contribution in [3.8, 4) is 5.75 Å². The summed E-state index contributed by atoms with van der Waals surface area (Å²) in [5.41, 5.74) is 2.89. The average molecular weight is 358 g/mol. The van der Waals surface area contributed by atoms with Gasteiger partial charge >= 0.3 is 0 Å². The molecular formula is C18H16ClN3O3. The fourth-order valence-electron chi connectivity index (χ4n) is 2.85. The number of hydrogen-bond donors (Lipinski definition) is 1. The molecule has 0 saturated heterocycles. The number of amides is 1. The Labute approximate surface area is 149 Å². The maximum absolute atomic E-state index is 12.9. The Morgan fingerprint density at radius 2 is 2.16 bits per heavy atom. The maximum atomic E-state index is 12.9. The molecule has 0 bridgehead atoms. The third-order valence-corrected chi connectivity index (χ3v) is 4.52. The fraction of sp³-hybridized carbons (Fsp3) is 0.278. The summed E-state index contributed by atoms with van der Waals surface area (Å²) in [5.74, 6) is 0.649. The first kappa shape index (κ1) is 15.9. The molecule has 0 aliphatic heterocycles. The van der Waals surface area contributed by atoms with Crippen molar-refractivity contribution in [2.45, 2.75) is 25.7 Å². The molecule has 1 amide bonds. The van der Waals surface area contributed by atoms with E-state index in [0.29, 0.717) is 44.7 Å². The standard InChI is InChI=1S/C18H16ClN3O3/c1-9-16-12(8-13(10-3-4-10)21-18(16)25-22-9)17(23)20-14-7-11(19)5-6-15(14)24-2/h5-8,10H,3-4H2,1-2H3,(H,20,23). The van der Waals surface area contributed by atoms with Gasteiger partial charge in [0.05, 0.1) is 29.4 Å². The molecule has 0 atom stereocenters. The van der Waals surface area contributed by atoms with Gasteiger partial charge in [0.2, 0.25) is 0 Å². The normalized spacial score (nSPS) is 13.9. The van der Waals surface area contributed by atoms with Crippen LogP contribution in [-0.4, -0.2) is 23.2 Å². The Hall–Kier alpha value is -2.60. The zero-order chi connectivity index (χ0) is 17.6. The number of halogens is 1. The molecule has 0 spiro atoms. The third kappa shape index (κ3) is 2.93. The summed E-state index contributed by atoms with van der Waals surface area (Å²) in [6.07, 6.45) is 2.16.